The van der Waals surface area contributed by atoms with Gasteiger partial charge >= 0.3 is 0 Å². The Morgan fingerprint density at radius 1 is 0.242 bits per heavy atom. The molecule has 0 unspecified atom stereocenters. The number of fused-ring (bicyclic) bond motifs is 2. The van der Waals surface area contributed by atoms with Crippen LogP contribution in [0.4, 0.5) is 34.1 Å². The fourth-order valence-electron chi connectivity index (χ4n) is 9.52. The molecule has 0 amide bonds. The Balaban J connectivity index is 1.03. The van der Waals surface area contributed by atoms with Gasteiger partial charge in [0.25, 0.3) is 0 Å². The van der Waals surface area contributed by atoms with Gasteiger partial charge in [0.05, 0.1) is 11.4 Å². The number of anilines is 6. The molecule has 0 spiro atoms. The van der Waals surface area contributed by atoms with Crippen molar-refractivity contribution in [2.45, 2.75) is 27.7 Å². The number of rotatable bonds is 10. The number of aryl methyl sites for hydroxylation is 4. The molecule has 0 atom stereocenters. The van der Waals surface area contributed by atoms with E-state index in [1.54, 1.807) is 0 Å². The van der Waals surface area contributed by atoms with E-state index < -0.39 is 0 Å². The average molecular weight is 847 g/mol. The van der Waals surface area contributed by atoms with Crippen molar-refractivity contribution in [3.63, 3.8) is 0 Å². The van der Waals surface area contributed by atoms with Gasteiger partial charge in [0, 0.05) is 33.5 Å². The predicted molar refractivity (Wildman–Crippen MR) is 287 cm³/mol. The molecule has 0 aliphatic carbocycles. The first-order chi connectivity index (χ1) is 32.3. The first-order valence-corrected chi connectivity index (χ1v) is 22.9. The van der Waals surface area contributed by atoms with E-state index in [-0.39, 0.29) is 0 Å². The quantitative estimate of drug-likeness (QED) is 0.0769. The van der Waals surface area contributed by atoms with Gasteiger partial charge in [-0.25, -0.2) is 0 Å². The summed E-state index contributed by atoms with van der Waals surface area (Å²) in [6, 6.07) is 76.0. The van der Waals surface area contributed by atoms with Crippen molar-refractivity contribution in [1.82, 2.24) is 0 Å². The maximum Gasteiger partial charge on any atom is 0.0540 e. The molecule has 0 aliphatic rings. The molecule has 11 rings (SSSR count). The monoisotopic (exact) mass is 846 g/mol. The lowest BCUT2D eigenvalue weighted by molar-refractivity contribution is 1.29. The predicted octanol–water partition coefficient (Wildman–Crippen LogP) is 18.3. The van der Waals surface area contributed by atoms with Gasteiger partial charge in [-0.05, 0) is 143 Å². The molecule has 0 aliphatic heterocycles. The molecule has 0 fully saturated rings. The summed E-state index contributed by atoms with van der Waals surface area (Å²) < 4.78 is 0. The summed E-state index contributed by atoms with van der Waals surface area (Å²) in [7, 11) is 0. The van der Waals surface area contributed by atoms with Crippen molar-refractivity contribution in [2.24, 2.45) is 0 Å². The fraction of sp³-hybridized carbons (Fsp3) is 0.0625. The van der Waals surface area contributed by atoms with Gasteiger partial charge in [0.15, 0.2) is 0 Å². The van der Waals surface area contributed by atoms with E-state index >= 15 is 0 Å². The Kier molecular flexibility index (Phi) is 10.5. The second-order valence-electron chi connectivity index (χ2n) is 17.7. The van der Waals surface area contributed by atoms with Crippen LogP contribution in [0.15, 0.2) is 206 Å². The van der Waals surface area contributed by atoms with Crippen LogP contribution in [-0.2, 0) is 0 Å². The molecular formula is C64H50N2. The third kappa shape index (κ3) is 7.67. The standard InChI is InChI=1S/C64H50N2/c1-43-11-19-47(20-12-43)23-25-49-27-35-53(36-28-49)65(51-31-15-45(3)16-32-51)61-41-39-57-56-8-6-10-60-62(42-40-58(64(56)60)55-7-5-9-59(61)63(55)57)66(52-33-17-46(4)18-34-52)54-37-29-50(30-38-54)26-24-48-21-13-44(2)14-22-48/h5-42H,1-4H3. The lowest BCUT2D eigenvalue weighted by Gasteiger charge is -2.29. The maximum absolute atomic E-state index is 2.41. The fourth-order valence-corrected chi connectivity index (χ4v) is 9.52. The van der Waals surface area contributed by atoms with E-state index in [1.165, 1.54) is 76.5 Å². The molecule has 0 N–H and O–H groups in total. The molecule has 11 aromatic rings. The molecular weight excluding hydrogens is 797 g/mol. The Morgan fingerprint density at radius 2 is 0.485 bits per heavy atom. The third-order valence-corrected chi connectivity index (χ3v) is 13.1. The van der Waals surface area contributed by atoms with Gasteiger partial charge in [0.1, 0.15) is 0 Å². The second-order valence-corrected chi connectivity index (χ2v) is 17.7. The summed E-state index contributed by atoms with van der Waals surface area (Å²) in [5, 5.41) is 10.0. The van der Waals surface area contributed by atoms with Crippen molar-refractivity contribution in [1.29, 1.82) is 0 Å². The molecule has 0 bridgehead atoms. The van der Waals surface area contributed by atoms with Crippen LogP contribution in [0.5, 0.6) is 0 Å². The van der Waals surface area contributed by atoms with E-state index in [2.05, 4.69) is 268 Å². The highest BCUT2D eigenvalue weighted by molar-refractivity contribution is 6.35. The van der Waals surface area contributed by atoms with Gasteiger partial charge in [0.2, 0.25) is 0 Å². The number of hydrogen-bond acceptors (Lipinski definition) is 2. The van der Waals surface area contributed by atoms with E-state index in [0.717, 1.165) is 45.3 Å². The Labute approximate surface area is 388 Å². The van der Waals surface area contributed by atoms with Gasteiger partial charge in [-0.15, -0.1) is 0 Å². The highest BCUT2D eigenvalue weighted by Gasteiger charge is 2.22. The number of benzene rings is 11. The smallest absolute Gasteiger partial charge is 0.0540 e. The minimum absolute atomic E-state index is 1.11. The number of hydrogen-bond donors (Lipinski definition) is 0. The molecule has 2 nitrogen and oxygen atoms in total. The van der Waals surface area contributed by atoms with E-state index in [4.69, 9.17) is 0 Å². The average Bonchev–Trinajstić information content (AvgIpc) is 3.35. The molecule has 316 valence electrons. The zero-order valence-electron chi connectivity index (χ0n) is 37.8. The molecule has 11 aromatic carbocycles. The Hall–Kier alpha value is -8.20. The normalized spacial score (nSPS) is 11.8. The van der Waals surface area contributed by atoms with Crippen LogP contribution in [0.25, 0.3) is 67.4 Å². The van der Waals surface area contributed by atoms with Crippen LogP contribution < -0.4 is 9.80 Å². The largest absolute Gasteiger partial charge is 0.310 e. The van der Waals surface area contributed by atoms with Crippen molar-refractivity contribution < 1.29 is 0 Å². The summed E-state index contributed by atoms with van der Waals surface area (Å²) in [6.07, 6.45) is 8.75. The molecule has 66 heavy (non-hydrogen) atoms. The molecule has 0 heterocycles. The minimum atomic E-state index is 1.11. The van der Waals surface area contributed by atoms with E-state index in [1.807, 2.05) is 0 Å². The molecule has 0 radical (unpaired) electrons. The van der Waals surface area contributed by atoms with Gasteiger partial charge in [-0.3, -0.25) is 0 Å². The van der Waals surface area contributed by atoms with Crippen LogP contribution in [-0.4, -0.2) is 0 Å². The highest BCUT2D eigenvalue weighted by atomic mass is 15.1. The minimum Gasteiger partial charge on any atom is -0.310 e. The lowest BCUT2D eigenvalue weighted by atomic mass is 9.88. The Morgan fingerprint density at radius 3 is 0.803 bits per heavy atom. The van der Waals surface area contributed by atoms with E-state index in [9.17, 15) is 0 Å². The summed E-state index contributed by atoms with van der Waals surface area (Å²) in [4.78, 5) is 4.83. The maximum atomic E-state index is 2.41. The number of nitrogens with zero attached hydrogens (tertiary/aromatic N) is 2. The van der Waals surface area contributed by atoms with E-state index in [0.29, 0.717) is 0 Å². The van der Waals surface area contributed by atoms with Crippen LogP contribution >= 0.6 is 0 Å². The molecule has 0 aromatic heterocycles. The van der Waals surface area contributed by atoms with Crippen LogP contribution in [0.1, 0.15) is 44.5 Å². The van der Waals surface area contributed by atoms with Gasteiger partial charge in [-0.2, -0.15) is 0 Å². The van der Waals surface area contributed by atoms with Crippen molar-refractivity contribution in [2.75, 3.05) is 9.80 Å². The first kappa shape index (κ1) is 40.6. The summed E-state index contributed by atoms with van der Waals surface area (Å²) >= 11 is 0. The third-order valence-electron chi connectivity index (χ3n) is 13.1. The molecule has 2 heteroatoms. The molecule has 0 saturated carbocycles. The summed E-state index contributed by atoms with van der Waals surface area (Å²) in [5.74, 6) is 0. The highest BCUT2D eigenvalue weighted by Crippen LogP contribution is 2.49. The van der Waals surface area contributed by atoms with Crippen molar-refractivity contribution in [3.8, 4) is 0 Å². The van der Waals surface area contributed by atoms with Crippen molar-refractivity contribution >= 4 is 102 Å². The zero-order valence-corrected chi connectivity index (χ0v) is 37.8. The SMILES string of the molecule is Cc1ccc(C=Cc2ccc(N(c3ccc(C)cc3)c3ccc4c5cccc6c(N(c7ccc(C)cc7)c7ccc(C=Cc8ccc(C)cc8)cc7)ccc(c7cccc3c74)c65)cc2)cc1. The van der Waals surface area contributed by atoms with Crippen LogP contribution in [0.2, 0.25) is 0 Å². The Bertz CT molecular complexity index is 3300. The second kappa shape index (κ2) is 17.1. The van der Waals surface area contributed by atoms with Gasteiger partial charge < -0.3 is 9.80 Å². The first-order valence-electron chi connectivity index (χ1n) is 22.9. The lowest BCUT2D eigenvalue weighted by Crippen LogP contribution is -2.11. The molecule has 0 saturated heterocycles. The van der Waals surface area contributed by atoms with Gasteiger partial charge in [-0.1, -0.05) is 192 Å². The zero-order chi connectivity index (χ0) is 44.7. The summed E-state index contributed by atoms with van der Waals surface area (Å²) in [5.41, 5.74) is 16.5. The van der Waals surface area contributed by atoms with Crippen LogP contribution in [0.3, 0.4) is 0 Å². The van der Waals surface area contributed by atoms with Crippen LogP contribution in [0, 0.1) is 27.7 Å². The van der Waals surface area contributed by atoms with Crippen molar-refractivity contribution in [3.05, 3.63) is 251 Å². The summed E-state index contributed by atoms with van der Waals surface area (Å²) in [6.45, 7) is 8.55. The topological polar surface area (TPSA) is 6.48 Å².